The van der Waals surface area contributed by atoms with E-state index in [-0.39, 0.29) is 50.3 Å². The van der Waals surface area contributed by atoms with Crippen molar-refractivity contribution in [2.24, 2.45) is 11.8 Å². The average molecular weight is 696 g/mol. The molecule has 1 aliphatic heterocycles. The number of carbonyl (C=O) groups is 3. The van der Waals surface area contributed by atoms with Crippen molar-refractivity contribution in [1.82, 2.24) is 9.62 Å². The maximum atomic E-state index is 13.8. The molecule has 1 aromatic heterocycles. The average Bonchev–Trinajstić information content (AvgIpc) is 3.38. The van der Waals surface area contributed by atoms with Crippen molar-refractivity contribution in [3.05, 3.63) is 92.3 Å². The quantitative estimate of drug-likeness (QED) is 0.219. The molecule has 2 aliphatic rings. The molecule has 1 saturated carbocycles. The number of pyridine rings is 1. The van der Waals surface area contributed by atoms with Gasteiger partial charge in [0.15, 0.2) is 12.4 Å². The number of carbonyl (C=O) groups excluding carboxylic acids is 2. The second kappa shape index (κ2) is 13.5. The lowest BCUT2D eigenvalue weighted by Gasteiger charge is -2.30. The van der Waals surface area contributed by atoms with Crippen LogP contribution in [0.4, 0.5) is 5.69 Å². The topological polar surface area (TPSA) is 160 Å². The van der Waals surface area contributed by atoms with Crippen molar-refractivity contribution < 1.29 is 32.6 Å². The van der Waals surface area contributed by atoms with E-state index in [4.69, 9.17) is 34.8 Å². The lowest BCUT2D eigenvalue weighted by molar-refractivity contribution is -0.605. The minimum absolute atomic E-state index is 0.0174. The summed E-state index contributed by atoms with van der Waals surface area (Å²) in [5, 5.41) is 26.7. The fourth-order valence-corrected chi connectivity index (χ4v) is 8.71. The van der Waals surface area contributed by atoms with Crippen molar-refractivity contribution in [3.8, 4) is 0 Å². The lowest BCUT2D eigenvalue weighted by Crippen LogP contribution is -2.53. The van der Waals surface area contributed by atoms with E-state index in [2.05, 4.69) is 10.6 Å². The molecule has 3 N–H and O–H groups in total. The molecule has 0 radical (unpaired) electrons. The predicted octanol–water partition coefficient (Wildman–Crippen LogP) is 4.52. The van der Waals surface area contributed by atoms with Gasteiger partial charge >= 0.3 is 5.97 Å². The minimum atomic E-state index is -4.10. The van der Waals surface area contributed by atoms with Crippen LogP contribution >= 0.6 is 34.8 Å². The Morgan fingerprint density at radius 3 is 2.33 bits per heavy atom. The van der Waals surface area contributed by atoms with Crippen LogP contribution < -0.4 is 15.4 Å². The first-order chi connectivity index (χ1) is 21.3. The van der Waals surface area contributed by atoms with Crippen LogP contribution in [0.5, 0.6) is 0 Å². The summed E-state index contributed by atoms with van der Waals surface area (Å²) in [5.74, 6) is -2.86. The fourth-order valence-electron chi connectivity index (χ4n) is 6.10. The third kappa shape index (κ3) is 7.20. The highest BCUT2D eigenvalue weighted by molar-refractivity contribution is 7.89. The van der Waals surface area contributed by atoms with Gasteiger partial charge < -0.3 is 20.9 Å². The van der Waals surface area contributed by atoms with Gasteiger partial charge in [0.05, 0.1) is 10.5 Å². The standard InChI is InChI=1S/C30H29Cl3N4O7S/c31-19-5-3-6-21(13-19)45(43,44)37-14-18-4-1-2-7-22(18)27(37)29(39)35-25(30(40)41)12-17-8-10-20(11-9-17)34-28(38)26-23(32)15-36(42)16-24(26)33/h3,5-6,8-11,13,15-16,18,22,25,27H,1-2,4,7,12,14H2,(H,34,38)(H,35,39)(H,40,41)/t18?,22?,25-,27?/m0/s1. The van der Waals surface area contributed by atoms with E-state index in [1.807, 2.05) is 0 Å². The zero-order chi connectivity index (χ0) is 32.5. The summed E-state index contributed by atoms with van der Waals surface area (Å²) in [6, 6.07) is 9.68. The van der Waals surface area contributed by atoms with Gasteiger partial charge in [-0.3, -0.25) is 9.59 Å². The number of aliphatic carboxylic acids is 1. The molecule has 3 aromatic rings. The van der Waals surface area contributed by atoms with Crippen molar-refractivity contribution in [2.45, 2.75) is 49.1 Å². The summed E-state index contributed by atoms with van der Waals surface area (Å²) in [5.41, 5.74) is 0.803. The monoisotopic (exact) mass is 694 g/mol. The number of anilines is 1. The van der Waals surface area contributed by atoms with E-state index in [1.165, 1.54) is 34.6 Å². The SMILES string of the molecule is O=C(Nc1ccc(C[C@H](NC(=O)C2C3CCCCC3CN2S(=O)(=O)c2cccc(Cl)c2)C(=O)O)cc1)c1c(Cl)c[n+]([O-])cc1Cl. The second-order valence-electron chi connectivity index (χ2n) is 11.1. The highest BCUT2D eigenvalue weighted by Crippen LogP contribution is 2.43. The molecular weight excluding hydrogens is 667 g/mol. The number of benzene rings is 2. The molecule has 0 bridgehead atoms. The molecule has 4 atom stereocenters. The number of rotatable bonds is 9. The molecule has 1 saturated heterocycles. The Labute approximate surface area is 274 Å². The first kappa shape index (κ1) is 33.0. The third-order valence-corrected chi connectivity index (χ3v) is 10.9. The smallest absolute Gasteiger partial charge is 0.326 e. The van der Waals surface area contributed by atoms with E-state index in [1.54, 1.807) is 18.2 Å². The van der Waals surface area contributed by atoms with Crippen LogP contribution in [0.15, 0.2) is 65.8 Å². The molecule has 0 spiro atoms. The number of aromatic nitrogens is 1. The first-order valence-corrected chi connectivity index (χ1v) is 16.7. The van der Waals surface area contributed by atoms with Gasteiger partial charge in [-0.25, -0.2) is 13.2 Å². The van der Waals surface area contributed by atoms with Crippen molar-refractivity contribution in [1.29, 1.82) is 0 Å². The van der Waals surface area contributed by atoms with Gasteiger partial charge in [0, 0.05) is 23.7 Å². The molecule has 45 heavy (non-hydrogen) atoms. The van der Waals surface area contributed by atoms with Gasteiger partial charge in [0.25, 0.3) is 5.91 Å². The molecule has 2 fully saturated rings. The molecule has 3 unspecified atom stereocenters. The zero-order valence-corrected chi connectivity index (χ0v) is 26.7. The third-order valence-electron chi connectivity index (χ3n) is 8.22. The molecule has 5 rings (SSSR count). The molecule has 2 aromatic carbocycles. The maximum Gasteiger partial charge on any atom is 0.326 e. The maximum absolute atomic E-state index is 13.8. The number of hydrogen-bond acceptors (Lipinski definition) is 6. The molecule has 1 aliphatic carbocycles. The number of carboxylic acids is 1. The minimum Gasteiger partial charge on any atom is -0.619 e. The van der Waals surface area contributed by atoms with Gasteiger partial charge in [-0.2, -0.15) is 9.04 Å². The number of hydrogen-bond donors (Lipinski definition) is 3. The normalized spacial score (nSPS) is 20.6. The van der Waals surface area contributed by atoms with Crippen molar-refractivity contribution in [3.63, 3.8) is 0 Å². The lowest BCUT2D eigenvalue weighted by atomic mass is 9.78. The van der Waals surface area contributed by atoms with Gasteiger partial charge in [-0.1, -0.05) is 65.8 Å². The molecule has 2 heterocycles. The fraction of sp³-hybridized carbons (Fsp3) is 0.333. The number of sulfonamides is 1. The van der Waals surface area contributed by atoms with E-state index in [9.17, 15) is 33.1 Å². The predicted molar refractivity (Wildman–Crippen MR) is 168 cm³/mol. The Kier molecular flexibility index (Phi) is 9.90. The van der Waals surface area contributed by atoms with Gasteiger partial charge in [-0.05, 0) is 60.6 Å². The van der Waals surface area contributed by atoms with Crippen LogP contribution in [-0.2, 0) is 26.0 Å². The molecule has 2 amide bonds. The van der Waals surface area contributed by atoms with Crippen LogP contribution in [0, 0.1) is 17.0 Å². The summed E-state index contributed by atoms with van der Waals surface area (Å²) < 4.78 is 29.0. The van der Waals surface area contributed by atoms with Crippen LogP contribution in [0.3, 0.4) is 0 Å². The summed E-state index contributed by atoms with van der Waals surface area (Å²) in [6.45, 7) is 0.165. The number of nitrogens with one attached hydrogen (secondary N) is 2. The second-order valence-corrected chi connectivity index (χ2v) is 14.3. The summed E-state index contributed by atoms with van der Waals surface area (Å²) in [7, 11) is -4.10. The highest BCUT2D eigenvalue weighted by Gasteiger charge is 2.51. The Morgan fingerprint density at radius 2 is 1.69 bits per heavy atom. The van der Waals surface area contributed by atoms with Gasteiger partial charge in [0.2, 0.25) is 15.9 Å². The number of halogens is 3. The molecule has 15 heteroatoms. The Hall–Kier alpha value is -3.42. The van der Waals surface area contributed by atoms with Crippen molar-refractivity contribution in [2.75, 3.05) is 11.9 Å². The van der Waals surface area contributed by atoms with Crippen molar-refractivity contribution >= 4 is 68.3 Å². The number of carboxylic acid groups (broad SMARTS) is 1. The summed E-state index contributed by atoms with van der Waals surface area (Å²) >= 11 is 18.1. The first-order valence-electron chi connectivity index (χ1n) is 14.1. The van der Waals surface area contributed by atoms with Gasteiger partial charge in [-0.15, -0.1) is 0 Å². The number of amides is 2. The van der Waals surface area contributed by atoms with E-state index in [0.717, 1.165) is 31.7 Å². The van der Waals surface area contributed by atoms with E-state index >= 15 is 0 Å². The molecule has 11 nitrogen and oxygen atoms in total. The highest BCUT2D eigenvalue weighted by atomic mass is 35.5. The summed E-state index contributed by atoms with van der Waals surface area (Å²) in [4.78, 5) is 38.7. The summed E-state index contributed by atoms with van der Waals surface area (Å²) in [6.07, 6.45) is 5.11. The van der Waals surface area contributed by atoms with Gasteiger partial charge in [0.1, 0.15) is 22.1 Å². The Morgan fingerprint density at radius 1 is 1.02 bits per heavy atom. The Balaban J connectivity index is 1.31. The van der Waals surface area contributed by atoms with Crippen LogP contribution in [-0.4, -0.2) is 54.2 Å². The van der Waals surface area contributed by atoms with E-state index in [0.29, 0.717) is 22.4 Å². The molecular formula is C30H29Cl3N4O7S. The number of fused-ring (bicyclic) bond motifs is 1. The van der Waals surface area contributed by atoms with Crippen LogP contribution in [0.2, 0.25) is 15.1 Å². The van der Waals surface area contributed by atoms with Crippen LogP contribution in [0.25, 0.3) is 0 Å². The molecule has 238 valence electrons. The zero-order valence-electron chi connectivity index (χ0n) is 23.7. The van der Waals surface area contributed by atoms with E-state index < -0.39 is 39.9 Å². The largest absolute Gasteiger partial charge is 0.619 e. The van der Waals surface area contributed by atoms with Crippen LogP contribution in [0.1, 0.15) is 41.6 Å². The Bertz CT molecular complexity index is 1720. The number of nitrogens with zero attached hydrogens (tertiary/aromatic N) is 2.